The van der Waals surface area contributed by atoms with E-state index in [1.807, 2.05) is 12.3 Å². The second-order valence-corrected chi connectivity index (χ2v) is 16.0. The van der Waals surface area contributed by atoms with E-state index in [0.29, 0.717) is 0 Å². The molecule has 0 saturated carbocycles. The Kier molecular flexibility index (Phi) is 7.27. The maximum atomic E-state index is 4.72. The van der Waals surface area contributed by atoms with E-state index < -0.39 is 0 Å². The lowest BCUT2D eigenvalue weighted by atomic mass is 9.89. The van der Waals surface area contributed by atoms with Crippen molar-refractivity contribution in [3.05, 3.63) is 219 Å². The van der Waals surface area contributed by atoms with Crippen molar-refractivity contribution in [2.45, 2.75) is 0 Å². The van der Waals surface area contributed by atoms with Gasteiger partial charge in [-0.25, -0.2) is 0 Å². The molecule has 3 aromatic heterocycles. The number of rotatable bonds is 5. The molecule has 0 unspecified atom stereocenters. The fourth-order valence-electron chi connectivity index (χ4n) is 9.98. The third-order valence-electron chi connectivity index (χ3n) is 12.6. The number of pyridine rings is 1. The van der Waals surface area contributed by atoms with E-state index in [-0.39, 0.29) is 0 Å². The lowest BCUT2D eigenvalue weighted by Gasteiger charge is -2.34. The predicted octanol–water partition coefficient (Wildman–Crippen LogP) is 15.2. The molecule has 4 heterocycles. The van der Waals surface area contributed by atoms with Gasteiger partial charge in [-0.3, -0.25) is 4.98 Å². The minimum atomic E-state index is 0.967. The van der Waals surface area contributed by atoms with Crippen molar-refractivity contribution in [1.82, 2.24) is 14.1 Å². The zero-order chi connectivity index (χ0) is 40.0. The first-order chi connectivity index (χ1) is 30.3. The SMILES string of the molecule is c1ccc(-n2c3ccccc3c3cc(-c4cccc(N5c6cc7c(cc6-c6cccc8cccc5c68)c5cc(-c6ccccn6)ccc5n7-c5ccccc5)c4)ccc32)cc1. The molecule has 4 heteroatoms. The zero-order valence-electron chi connectivity index (χ0n) is 33.1. The van der Waals surface area contributed by atoms with Crippen LogP contribution in [0.2, 0.25) is 0 Å². The normalized spacial score (nSPS) is 12.2. The molecule has 13 rings (SSSR count). The highest BCUT2D eigenvalue weighted by molar-refractivity contribution is 6.19. The van der Waals surface area contributed by atoms with Crippen LogP contribution in [0.15, 0.2) is 219 Å². The summed E-state index contributed by atoms with van der Waals surface area (Å²) in [4.78, 5) is 7.21. The summed E-state index contributed by atoms with van der Waals surface area (Å²) in [6.07, 6.45) is 1.87. The van der Waals surface area contributed by atoms with E-state index in [4.69, 9.17) is 4.98 Å². The van der Waals surface area contributed by atoms with Gasteiger partial charge in [0.25, 0.3) is 0 Å². The third-order valence-corrected chi connectivity index (χ3v) is 12.6. The summed E-state index contributed by atoms with van der Waals surface area (Å²) in [7, 11) is 0. The fourth-order valence-corrected chi connectivity index (χ4v) is 9.98. The molecule has 0 radical (unpaired) electrons. The third kappa shape index (κ3) is 5.09. The summed E-state index contributed by atoms with van der Waals surface area (Å²) in [5, 5.41) is 7.39. The first-order valence-corrected chi connectivity index (χ1v) is 20.9. The number of aromatic nitrogens is 3. The molecule has 9 aromatic carbocycles. The first kappa shape index (κ1) is 33.7. The number of benzene rings is 9. The molecule has 12 aromatic rings. The van der Waals surface area contributed by atoms with Crippen molar-refractivity contribution in [3.8, 4) is 44.9 Å². The van der Waals surface area contributed by atoms with Crippen LogP contribution in [-0.4, -0.2) is 14.1 Å². The van der Waals surface area contributed by atoms with Gasteiger partial charge in [0.2, 0.25) is 0 Å². The molecule has 0 aliphatic carbocycles. The van der Waals surface area contributed by atoms with Crippen molar-refractivity contribution < 1.29 is 0 Å². The topological polar surface area (TPSA) is 26.0 Å². The molecule has 4 nitrogen and oxygen atoms in total. The van der Waals surface area contributed by atoms with E-state index in [1.54, 1.807) is 0 Å². The van der Waals surface area contributed by atoms with Crippen LogP contribution in [0.1, 0.15) is 0 Å². The van der Waals surface area contributed by atoms with Gasteiger partial charge in [0, 0.05) is 61.3 Å². The lowest BCUT2D eigenvalue weighted by Crippen LogP contribution is -2.15. The van der Waals surface area contributed by atoms with Crippen LogP contribution in [0.25, 0.3) is 99.3 Å². The minimum Gasteiger partial charge on any atom is -0.309 e. The molecule has 0 saturated heterocycles. The van der Waals surface area contributed by atoms with E-state index in [0.717, 1.165) is 45.0 Å². The second kappa shape index (κ2) is 13.2. The van der Waals surface area contributed by atoms with Crippen molar-refractivity contribution in [1.29, 1.82) is 0 Å². The molecular formula is C57H36N4. The summed E-state index contributed by atoms with van der Waals surface area (Å²) < 4.78 is 4.80. The van der Waals surface area contributed by atoms with Crippen LogP contribution in [0.3, 0.4) is 0 Å². The van der Waals surface area contributed by atoms with Gasteiger partial charge in [-0.15, -0.1) is 0 Å². The van der Waals surface area contributed by atoms with E-state index in [9.17, 15) is 0 Å². The Balaban J connectivity index is 1.04. The first-order valence-electron chi connectivity index (χ1n) is 20.9. The van der Waals surface area contributed by atoms with Crippen LogP contribution >= 0.6 is 0 Å². The van der Waals surface area contributed by atoms with Gasteiger partial charge in [-0.1, -0.05) is 115 Å². The predicted molar refractivity (Wildman–Crippen MR) is 255 cm³/mol. The molecular weight excluding hydrogens is 741 g/mol. The molecule has 1 aliphatic heterocycles. The van der Waals surface area contributed by atoms with Crippen molar-refractivity contribution >= 4 is 71.4 Å². The standard InChI is InChI=1S/C57H36N4/c1-3-17-41(18-4-1)59-51-25-8-7-22-44(51)46-33-39(27-29-52(46)59)38-16-11-21-43(32-38)61-54-26-13-15-37-14-12-23-45(57(37)54)48-35-49-47-34-40(50-24-9-10-31-58-50)28-30-53(47)60(56(49)36-55(48)61)42-19-5-2-6-20-42/h1-36H. The second-order valence-electron chi connectivity index (χ2n) is 16.0. The molecule has 0 bridgehead atoms. The van der Waals surface area contributed by atoms with Crippen molar-refractivity contribution in [2.24, 2.45) is 0 Å². The summed E-state index contributed by atoms with van der Waals surface area (Å²) >= 11 is 0. The Morgan fingerprint density at radius 3 is 1.72 bits per heavy atom. The highest BCUT2D eigenvalue weighted by Gasteiger charge is 2.28. The van der Waals surface area contributed by atoms with Crippen molar-refractivity contribution in [2.75, 3.05) is 4.90 Å². The Hall–Kier alpha value is -8.21. The van der Waals surface area contributed by atoms with Gasteiger partial charge in [-0.2, -0.15) is 0 Å². The van der Waals surface area contributed by atoms with E-state index in [2.05, 4.69) is 220 Å². The average molecular weight is 777 g/mol. The molecule has 0 atom stereocenters. The van der Waals surface area contributed by atoms with Gasteiger partial charge in [0.05, 0.1) is 39.1 Å². The molecule has 1 aliphatic rings. The van der Waals surface area contributed by atoms with Crippen LogP contribution < -0.4 is 4.90 Å². The molecule has 0 spiro atoms. The quantitative estimate of drug-likeness (QED) is 0.174. The maximum Gasteiger partial charge on any atom is 0.0702 e. The maximum absolute atomic E-state index is 4.72. The summed E-state index contributed by atoms with van der Waals surface area (Å²) in [6.45, 7) is 0. The average Bonchev–Trinajstić information content (AvgIpc) is 3.83. The molecule has 284 valence electrons. The zero-order valence-corrected chi connectivity index (χ0v) is 33.1. The fraction of sp³-hybridized carbons (Fsp3) is 0. The van der Waals surface area contributed by atoms with E-state index >= 15 is 0 Å². The Bertz CT molecular complexity index is 3690. The van der Waals surface area contributed by atoms with Gasteiger partial charge < -0.3 is 14.0 Å². The number of hydrogen-bond donors (Lipinski definition) is 0. The van der Waals surface area contributed by atoms with Crippen LogP contribution in [0.4, 0.5) is 17.1 Å². The highest BCUT2D eigenvalue weighted by Crippen LogP contribution is 2.53. The van der Waals surface area contributed by atoms with Gasteiger partial charge in [-0.05, 0) is 119 Å². The number of nitrogens with zero attached hydrogens (tertiary/aromatic N) is 4. The molecule has 0 N–H and O–H groups in total. The van der Waals surface area contributed by atoms with Gasteiger partial charge in [0.1, 0.15) is 0 Å². The number of para-hydroxylation sites is 3. The van der Waals surface area contributed by atoms with Crippen LogP contribution in [0.5, 0.6) is 0 Å². The minimum absolute atomic E-state index is 0.967. The lowest BCUT2D eigenvalue weighted by molar-refractivity contribution is 1.18. The summed E-state index contributed by atoms with van der Waals surface area (Å²) in [5.74, 6) is 0. The smallest absolute Gasteiger partial charge is 0.0702 e. The monoisotopic (exact) mass is 776 g/mol. The van der Waals surface area contributed by atoms with E-state index in [1.165, 1.54) is 71.3 Å². The molecule has 61 heavy (non-hydrogen) atoms. The number of hydrogen-bond acceptors (Lipinski definition) is 2. The van der Waals surface area contributed by atoms with Crippen LogP contribution in [0, 0.1) is 0 Å². The van der Waals surface area contributed by atoms with Gasteiger partial charge in [0.15, 0.2) is 0 Å². The highest BCUT2D eigenvalue weighted by atomic mass is 15.2. The number of fused-ring (bicyclic) bond motifs is 8. The number of anilines is 3. The van der Waals surface area contributed by atoms with Gasteiger partial charge >= 0.3 is 0 Å². The Labute approximate surface area is 352 Å². The largest absolute Gasteiger partial charge is 0.309 e. The van der Waals surface area contributed by atoms with Crippen molar-refractivity contribution in [3.63, 3.8) is 0 Å². The molecule has 0 amide bonds. The Morgan fingerprint density at radius 1 is 0.328 bits per heavy atom. The summed E-state index contributed by atoms with van der Waals surface area (Å²) in [6, 6.07) is 77.4. The van der Waals surface area contributed by atoms with Crippen LogP contribution in [-0.2, 0) is 0 Å². The Morgan fingerprint density at radius 2 is 0.934 bits per heavy atom. The molecule has 0 fully saturated rings. The summed E-state index contributed by atoms with van der Waals surface area (Å²) in [5.41, 5.74) is 17.4.